The highest BCUT2D eigenvalue weighted by Gasteiger charge is 2.09. The minimum absolute atomic E-state index is 0.00509. The highest BCUT2D eigenvalue weighted by atomic mass is 32.2. The van der Waals surface area contributed by atoms with Crippen molar-refractivity contribution in [2.24, 2.45) is 0 Å². The lowest BCUT2D eigenvalue weighted by atomic mass is 10.0. The molecule has 0 aliphatic rings. The van der Waals surface area contributed by atoms with E-state index in [2.05, 4.69) is 0 Å². The molecule has 0 aromatic rings. The zero-order chi connectivity index (χ0) is 7.98. The zero-order valence-electron chi connectivity index (χ0n) is 6.16. The molecule has 4 heteroatoms. The standard InChI is InChI=1S/C6H13BO2S/c1-2-6(7)10-5(3-8)4-9/h5-6,8-9H,2-4H2,1H3/t6-/m1/s1. The summed E-state index contributed by atoms with van der Waals surface area (Å²) < 4.78 is 0. The van der Waals surface area contributed by atoms with E-state index in [-0.39, 0.29) is 23.6 Å². The molecule has 2 radical (unpaired) electrons. The number of hydrogen-bond acceptors (Lipinski definition) is 3. The fraction of sp³-hybridized carbons (Fsp3) is 1.00. The first-order valence-corrected chi connectivity index (χ1v) is 4.31. The van der Waals surface area contributed by atoms with Gasteiger partial charge < -0.3 is 10.2 Å². The van der Waals surface area contributed by atoms with Crippen LogP contribution in [0, 0.1) is 0 Å². The number of aliphatic hydroxyl groups excluding tert-OH is 2. The predicted octanol–water partition coefficient (Wildman–Crippen LogP) is -0.0226. The van der Waals surface area contributed by atoms with Gasteiger partial charge in [0, 0.05) is 0 Å². The van der Waals surface area contributed by atoms with E-state index in [1.807, 2.05) is 6.92 Å². The molecule has 0 amide bonds. The lowest BCUT2D eigenvalue weighted by Crippen LogP contribution is -2.18. The predicted molar refractivity (Wildman–Crippen MR) is 45.4 cm³/mol. The Morgan fingerprint density at radius 1 is 1.40 bits per heavy atom. The van der Waals surface area contributed by atoms with E-state index in [4.69, 9.17) is 18.1 Å². The van der Waals surface area contributed by atoms with Gasteiger partial charge in [0.15, 0.2) is 0 Å². The lowest BCUT2D eigenvalue weighted by Gasteiger charge is -2.15. The van der Waals surface area contributed by atoms with Crippen LogP contribution in [0.25, 0.3) is 0 Å². The summed E-state index contributed by atoms with van der Waals surface area (Å²) in [5.74, 6) is 0. The maximum atomic E-state index is 8.63. The molecule has 0 heterocycles. The normalized spacial score (nSPS) is 14.0. The third kappa shape index (κ3) is 4.20. The molecule has 0 fully saturated rings. The molecule has 2 nitrogen and oxygen atoms in total. The van der Waals surface area contributed by atoms with Gasteiger partial charge in [-0.25, -0.2) is 0 Å². The van der Waals surface area contributed by atoms with Crippen LogP contribution in [0.2, 0.25) is 0 Å². The van der Waals surface area contributed by atoms with E-state index in [0.29, 0.717) is 0 Å². The molecule has 0 saturated carbocycles. The average molecular weight is 160 g/mol. The van der Waals surface area contributed by atoms with Crippen molar-refractivity contribution in [2.45, 2.75) is 23.7 Å². The molecule has 2 N–H and O–H groups in total. The Labute approximate surface area is 67.4 Å². The second-order valence-corrected chi connectivity index (χ2v) is 3.61. The number of rotatable bonds is 5. The van der Waals surface area contributed by atoms with Crippen LogP contribution in [0.3, 0.4) is 0 Å². The minimum Gasteiger partial charge on any atom is -0.395 e. The van der Waals surface area contributed by atoms with Crippen molar-refractivity contribution < 1.29 is 10.2 Å². The topological polar surface area (TPSA) is 40.5 Å². The van der Waals surface area contributed by atoms with Gasteiger partial charge in [-0.05, 0) is 5.15 Å². The summed E-state index contributed by atoms with van der Waals surface area (Å²) in [5.41, 5.74) is 0. The van der Waals surface area contributed by atoms with Gasteiger partial charge in [0.05, 0.1) is 26.3 Å². The monoisotopic (exact) mass is 160 g/mol. The van der Waals surface area contributed by atoms with E-state index >= 15 is 0 Å². The Hall–Kier alpha value is 0.335. The first kappa shape index (κ1) is 10.3. The molecule has 10 heavy (non-hydrogen) atoms. The number of hydrogen-bond donors (Lipinski definition) is 2. The van der Waals surface area contributed by atoms with Crippen molar-refractivity contribution in [3.63, 3.8) is 0 Å². The summed E-state index contributed by atoms with van der Waals surface area (Å²) in [5, 5.41) is 17.2. The Morgan fingerprint density at radius 2 is 1.90 bits per heavy atom. The van der Waals surface area contributed by atoms with E-state index in [9.17, 15) is 0 Å². The van der Waals surface area contributed by atoms with Crippen LogP contribution in [0.15, 0.2) is 0 Å². The molecule has 0 aromatic heterocycles. The van der Waals surface area contributed by atoms with E-state index in [0.717, 1.165) is 6.42 Å². The second-order valence-electron chi connectivity index (χ2n) is 2.07. The Balaban J connectivity index is 3.41. The summed E-state index contributed by atoms with van der Waals surface area (Å²) in [6, 6.07) is 0. The van der Waals surface area contributed by atoms with Crippen LogP contribution in [0.4, 0.5) is 0 Å². The summed E-state index contributed by atoms with van der Waals surface area (Å²) in [7, 11) is 5.57. The van der Waals surface area contributed by atoms with E-state index < -0.39 is 0 Å². The van der Waals surface area contributed by atoms with Crippen molar-refractivity contribution >= 4 is 19.6 Å². The molecule has 0 aromatic carbocycles. The zero-order valence-corrected chi connectivity index (χ0v) is 6.97. The highest BCUT2D eigenvalue weighted by Crippen LogP contribution is 2.16. The lowest BCUT2D eigenvalue weighted by molar-refractivity contribution is 0.228. The molecule has 1 atom stereocenters. The van der Waals surface area contributed by atoms with E-state index in [1.165, 1.54) is 11.8 Å². The van der Waals surface area contributed by atoms with Crippen LogP contribution < -0.4 is 0 Å². The molecular weight excluding hydrogens is 147 g/mol. The van der Waals surface area contributed by atoms with Gasteiger partial charge in [0.25, 0.3) is 0 Å². The van der Waals surface area contributed by atoms with Crippen molar-refractivity contribution in [3.8, 4) is 0 Å². The Bertz CT molecular complexity index is 78.1. The summed E-state index contributed by atoms with van der Waals surface area (Å²) in [6.07, 6.45) is 0.862. The smallest absolute Gasteiger partial charge is 0.0846 e. The number of aliphatic hydroxyl groups is 2. The van der Waals surface area contributed by atoms with E-state index in [1.54, 1.807) is 0 Å². The Morgan fingerprint density at radius 3 is 2.20 bits per heavy atom. The maximum absolute atomic E-state index is 8.63. The van der Waals surface area contributed by atoms with Crippen molar-refractivity contribution in [1.82, 2.24) is 0 Å². The summed E-state index contributed by atoms with van der Waals surface area (Å²) in [6.45, 7) is 1.97. The van der Waals surface area contributed by atoms with Crippen LogP contribution in [0.1, 0.15) is 13.3 Å². The van der Waals surface area contributed by atoms with Crippen LogP contribution in [-0.2, 0) is 0 Å². The molecule has 0 spiro atoms. The first-order chi connectivity index (χ1) is 4.74. The molecule has 0 unspecified atom stereocenters. The SMILES string of the molecule is [B][C@@H](CC)SC(CO)CO. The van der Waals surface area contributed by atoms with Crippen molar-refractivity contribution in [1.29, 1.82) is 0 Å². The molecule has 0 aliphatic heterocycles. The highest BCUT2D eigenvalue weighted by molar-refractivity contribution is 8.01. The Kier molecular flexibility index (Phi) is 6.27. The van der Waals surface area contributed by atoms with Crippen molar-refractivity contribution in [2.75, 3.05) is 13.2 Å². The third-order valence-electron chi connectivity index (χ3n) is 1.18. The van der Waals surface area contributed by atoms with Gasteiger partial charge in [-0.2, -0.15) is 11.8 Å². The number of thioether (sulfide) groups is 1. The fourth-order valence-corrected chi connectivity index (χ4v) is 1.35. The molecule has 58 valence electrons. The van der Waals surface area contributed by atoms with Gasteiger partial charge in [0.1, 0.15) is 0 Å². The third-order valence-corrected chi connectivity index (χ3v) is 2.54. The molecule has 0 bridgehead atoms. The van der Waals surface area contributed by atoms with Crippen molar-refractivity contribution in [3.05, 3.63) is 0 Å². The molecular formula is C6H13BO2S. The summed E-state index contributed by atoms with van der Waals surface area (Å²) >= 11 is 1.42. The quantitative estimate of drug-likeness (QED) is 0.555. The van der Waals surface area contributed by atoms with Gasteiger partial charge in [0.2, 0.25) is 0 Å². The van der Waals surface area contributed by atoms with Gasteiger partial charge in [-0.1, -0.05) is 13.3 Å². The van der Waals surface area contributed by atoms with Crippen LogP contribution in [0.5, 0.6) is 0 Å². The van der Waals surface area contributed by atoms with Gasteiger partial charge in [-0.15, -0.1) is 0 Å². The first-order valence-electron chi connectivity index (χ1n) is 3.37. The minimum atomic E-state index is -0.116. The average Bonchev–Trinajstić information content (AvgIpc) is 1.99. The van der Waals surface area contributed by atoms with Gasteiger partial charge in [-0.3, -0.25) is 0 Å². The van der Waals surface area contributed by atoms with Gasteiger partial charge >= 0.3 is 0 Å². The second kappa shape index (κ2) is 6.07. The van der Waals surface area contributed by atoms with Crippen LogP contribution in [-0.4, -0.2) is 41.7 Å². The van der Waals surface area contributed by atoms with Crippen LogP contribution >= 0.6 is 11.8 Å². The molecule has 0 aliphatic carbocycles. The maximum Gasteiger partial charge on any atom is 0.0846 e. The molecule has 0 rings (SSSR count). The molecule has 0 saturated heterocycles. The summed E-state index contributed by atoms with van der Waals surface area (Å²) in [4.78, 5) is 0. The largest absolute Gasteiger partial charge is 0.395 e. The fourth-order valence-electron chi connectivity index (χ4n) is 0.487.